The van der Waals surface area contributed by atoms with Crippen molar-refractivity contribution in [1.82, 2.24) is 0 Å². The average molecular weight is 572 g/mol. The Morgan fingerprint density at radius 3 is 2.61 bits per heavy atom. The van der Waals surface area contributed by atoms with Gasteiger partial charge in [-0.1, -0.05) is 29.8 Å². The number of rotatable bonds is 8. The SMILES string of the molecule is CCOc1cc(/C=C2\N=C(c3cccc([N+](=O)[O-])c3C)OC2=O)cc(Br)c1OCc1ccc(Cl)cc1. The number of esters is 1. The van der Waals surface area contributed by atoms with Gasteiger partial charge in [-0.3, -0.25) is 10.1 Å². The summed E-state index contributed by atoms with van der Waals surface area (Å²) in [4.78, 5) is 27.6. The Morgan fingerprint density at radius 1 is 1.17 bits per heavy atom. The second-order valence-corrected chi connectivity index (χ2v) is 9.01. The van der Waals surface area contributed by atoms with E-state index < -0.39 is 10.9 Å². The van der Waals surface area contributed by atoms with Crippen molar-refractivity contribution >= 4 is 51.2 Å². The molecule has 0 aromatic heterocycles. The summed E-state index contributed by atoms with van der Waals surface area (Å²) < 4.78 is 17.7. The number of benzene rings is 3. The third kappa shape index (κ3) is 5.58. The number of nitro groups is 1. The molecular formula is C26H20BrClN2O6. The summed E-state index contributed by atoms with van der Waals surface area (Å²) in [5.41, 5.74) is 2.27. The number of nitro benzene ring substituents is 1. The molecule has 184 valence electrons. The Labute approximate surface area is 220 Å². The molecule has 8 nitrogen and oxygen atoms in total. The monoisotopic (exact) mass is 570 g/mol. The van der Waals surface area contributed by atoms with E-state index in [1.807, 2.05) is 19.1 Å². The molecule has 0 atom stereocenters. The number of cyclic esters (lactones) is 1. The van der Waals surface area contributed by atoms with Crippen molar-refractivity contribution in [2.75, 3.05) is 6.61 Å². The molecule has 4 rings (SSSR count). The highest BCUT2D eigenvalue weighted by Gasteiger charge is 2.27. The zero-order chi connectivity index (χ0) is 25.8. The Balaban J connectivity index is 1.63. The fourth-order valence-corrected chi connectivity index (χ4v) is 4.25. The maximum absolute atomic E-state index is 12.5. The molecule has 0 radical (unpaired) electrons. The van der Waals surface area contributed by atoms with E-state index in [4.69, 9.17) is 25.8 Å². The van der Waals surface area contributed by atoms with Gasteiger partial charge in [0, 0.05) is 22.2 Å². The molecule has 0 N–H and O–H groups in total. The number of ether oxygens (including phenoxy) is 3. The molecule has 0 aliphatic carbocycles. The summed E-state index contributed by atoms with van der Waals surface area (Å²) in [6.45, 7) is 4.15. The summed E-state index contributed by atoms with van der Waals surface area (Å²) in [6, 6.07) is 15.4. The minimum absolute atomic E-state index is 0.0134. The molecule has 1 heterocycles. The van der Waals surface area contributed by atoms with Crippen LogP contribution in [-0.4, -0.2) is 23.4 Å². The van der Waals surface area contributed by atoms with Crippen molar-refractivity contribution in [3.63, 3.8) is 0 Å². The van der Waals surface area contributed by atoms with Gasteiger partial charge in [-0.15, -0.1) is 0 Å². The van der Waals surface area contributed by atoms with E-state index in [9.17, 15) is 14.9 Å². The molecule has 0 saturated heterocycles. The van der Waals surface area contributed by atoms with Gasteiger partial charge in [0.1, 0.15) is 6.61 Å². The molecule has 3 aromatic carbocycles. The Bertz CT molecular complexity index is 1400. The minimum atomic E-state index is -0.659. The molecule has 0 saturated carbocycles. The lowest BCUT2D eigenvalue weighted by molar-refractivity contribution is -0.385. The lowest BCUT2D eigenvalue weighted by Crippen LogP contribution is -2.08. The molecule has 0 fully saturated rings. The third-order valence-electron chi connectivity index (χ3n) is 5.28. The maximum atomic E-state index is 12.5. The molecule has 0 unspecified atom stereocenters. The number of nitrogens with zero attached hydrogens (tertiary/aromatic N) is 2. The number of carbonyl (C=O) groups excluding carboxylic acids is 1. The van der Waals surface area contributed by atoms with Gasteiger partial charge >= 0.3 is 5.97 Å². The third-order valence-corrected chi connectivity index (χ3v) is 6.13. The zero-order valence-corrected chi connectivity index (χ0v) is 21.6. The van der Waals surface area contributed by atoms with E-state index in [-0.39, 0.29) is 17.3 Å². The number of carbonyl (C=O) groups is 1. The van der Waals surface area contributed by atoms with Crippen LogP contribution in [0.2, 0.25) is 5.02 Å². The van der Waals surface area contributed by atoms with E-state index >= 15 is 0 Å². The van der Waals surface area contributed by atoms with Gasteiger partial charge in [0.2, 0.25) is 5.90 Å². The topological polar surface area (TPSA) is 100 Å². The van der Waals surface area contributed by atoms with E-state index in [0.717, 1.165) is 5.56 Å². The molecule has 1 aliphatic rings. The van der Waals surface area contributed by atoms with Crippen LogP contribution in [-0.2, 0) is 16.1 Å². The number of halogens is 2. The fourth-order valence-electron chi connectivity index (χ4n) is 3.55. The summed E-state index contributed by atoms with van der Waals surface area (Å²) in [5.74, 6) is 0.352. The smallest absolute Gasteiger partial charge is 0.363 e. The van der Waals surface area contributed by atoms with Crippen LogP contribution in [0, 0.1) is 17.0 Å². The largest absolute Gasteiger partial charge is 0.490 e. The van der Waals surface area contributed by atoms with E-state index in [2.05, 4.69) is 20.9 Å². The lowest BCUT2D eigenvalue weighted by Gasteiger charge is -2.15. The molecule has 10 heteroatoms. The molecule has 1 aliphatic heterocycles. The molecule has 0 spiro atoms. The highest BCUT2D eigenvalue weighted by atomic mass is 79.9. The van der Waals surface area contributed by atoms with Gasteiger partial charge < -0.3 is 14.2 Å². The predicted molar refractivity (Wildman–Crippen MR) is 140 cm³/mol. The number of aliphatic imine (C=N–C) groups is 1. The molecule has 0 bridgehead atoms. The first-order valence-corrected chi connectivity index (χ1v) is 12.0. The van der Waals surface area contributed by atoms with Gasteiger partial charge in [-0.2, -0.15) is 0 Å². The first-order valence-electron chi connectivity index (χ1n) is 10.9. The normalized spacial score (nSPS) is 13.9. The Morgan fingerprint density at radius 2 is 1.92 bits per heavy atom. The molecule has 36 heavy (non-hydrogen) atoms. The van der Waals surface area contributed by atoms with Gasteiger partial charge in [-0.25, -0.2) is 9.79 Å². The van der Waals surface area contributed by atoms with Crippen LogP contribution < -0.4 is 9.47 Å². The number of hydrogen-bond donors (Lipinski definition) is 0. The van der Waals surface area contributed by atoms with Crippen LogP contribution >= 0.6 is 27.5 Å². The Kier molecular flexibility index (Phi) is 7.71. The average Bonchev–Trinajstić information content (AvgIpc) is 3.19. The van der Waals surface area contributed by atoms with Crippen LogP contribution in [0.3, 0.4) is 0 Å². The first kappa shape index (κ1) is 25.4. The molecule has 0 amide bonds. The van der Waals surface area contributed by atoms with Crippen LogP contribution in [0.15, 0.2) is 69.8 Å². The maximum Gasteiger partial charge on any atom is 0.363 e. The lowest BCUT2D eigenvalue weighted by atomic mass is 10.1. The van der Waals surface area contributed by atoms with E-state index in [1.54, 1.807) is 43.3 Å². The van der Waals surface area contributed by atoms with Crippen LogP contribution in [0.25, 0.3) is 6.08 Å². The summed E-state index contributed by atoms with van der Waals surface area (Å²) in [5, 5.41) is 11.9. The van der Waals surface area contributed by atoms with E-state index in [1.165, 1.54) is 12.1 Å². The van der Waals surface area contributed by atoms with Crippen molar-refractivity contribution in [3.8, 4) is 11.5 Å². The van der Waals surface area contributed by atoms with Gasteiger partial charge in [-0.05, 0) is 77.3 Å². The van der Waals surface area contributed by atoms with Crippen LogP contribution in [0.4, 0.5) is 5.69 Å². The fraction of sp³-hybridized carbons (Fsp3) is 0.154. The second kappa shape index (κ2) is 10.9. The minimum Gasteiger partial charge on any atom is -0.490 e. The quantitative estimate of drug-likeness (QED) is 0.130. The Hall–Kier alpha value is -3.69. The van der Waals surface area contributed by atoms with Crippen molar-refractivity contribution in [3.05, 3.63) is 102 Å². The summed E-state index contributed by atoms with van der Waals surface area (Å²) in [6.07, 6.45) is 1.55. The second-order valence-electron chi connectivity index (χ2n) is 7.72. The predicted octanol–water partition coefficient (Wildman–Crippen LogP) is 6.64. The van der Waals surface area contributed by atoms with Crippen molar-refractivity contribution < 1.29 is 23.9 Å². The van der Waals surface area contributed by atoms with Gasteiger partial charge in [0.15, 0.2) is 17.2 Å². The van der Waals surface area contributed by atoms with Crippen LogP contribution in [0.1, 0.15) is 29.2 Å². The van der Waals surface area contributed by atoms with Crippen molar-refractivity contribution in [1.29, 1.82) is 0 Å². The molecule has 3 aromatic rings. The summed E-state index contributed by atoms with van der Waals surface area (Å²) >= 11 is 9.47. The number of hydrogen-bond acceptors (Lipinski definition) is 7. The zero-order valence-electron chi connectivity index (χ0n) is 19.3. The highest BCUT2D eigenvalue weighted by Crippen LogP contribution is 2.38. The van der Waals surface area contributed by atoms with Gasteiger partial charge in [0.25, 0.3) is 5.69 Å². The van der Waals surface area contributed by atoms with Crippen molar-refractivity contribution in [2.24, 2.45) is 4.99 Å². The standard InChI is InChI=1S/C26H20BrClN2O6/c1-3-34-23-13-17(11-20(27)24(23)35-14-16-7-9-18(28)10-8-16)12-21-26(31)36-25(29-21)19-5-4-6-22(15(19)2)30(32)33/h4-13H,3,14H2,1-2H3/b21-12-. The van der Waals surface area contributed by atoms with Crippen LogP contribution in [0.5, 0.6) is 11.5 Å². The van der Waals surface area contributed by atoms with Gasteiger partial charge in [0.05, 0.1) is 16.0 Å². The summed E-state index contributed by atoms with van der Waals surface area (Å²) in [7, 11) is 0. The highest BCUT2D eigenvalue weighted by molar-refractivity contribution is 9.10. The van der Waals surface area contributed by atoms with Crippen molar-refractivity contribution in [2.45, 2.75) is 20.5 Å². The van der Waals surface area contributed by atoms with E-state index in [0.29, 0.717) is 50.9 Å². The first-order chi connectivity index (χ1) is 17.3. The molecular weight excluding hydrogens is 552 g/mol.